The molecule has 16 heavy (non-hydrogen) atoms. The van der Waals surface area contributed by atoms with E-state index in [4.69, 9.17) is 5.73 Å². The van der Waals surface area contributed by atoms with E-state index < -0.39 is 0 Å². The smallest absolute Gasteiger partial charge is 0.0108 e. The maximum atomic E-state index is 6.10. The molecule has 0 heterocycles. The van der Waals surface area contributed by atoms with Gasteiger partial charge in [-0.15, -0.1) is 0 Å². The zero-order valence-electron chi connectivity index (χ0n) is 10.1. The van der Waals surface area contributed by atoms with Crippen LogP contribution in [-0.2, 0) is 5.41 Å². The van der Waals surface area contributed by atoms with Crippen molar-refractivity contribution in [3.63, 3.8) is 0 Å². The molecule has 1 nitrogen and oxygen atoms in total. The van der Waals surface area contributed by atoms with Gasteiger partial charge in [0.1, 0.15) is 0 Å². The Morgan fingerprint density at radius 1 is 1.19 bits per heavy atom. The van der Waals surface area contributed by atoms with Crippen LogP contribution in [0.2, 0.25) is 0 Å². The first-order valence-corrected chi connectivity index (χ1v) is 6.58. The molecule has 2 fully saturated rings. The predicted molar refractivity (Wildman–Crippen MR) is 67.6 cm³/mol. The minimum absolute atomic E-state index is 0.294. The first-order chi connectivity index (χ1) is 7.72. The van der Waals surface area contributed by atoms with Gasteiger partial charge in [0, 0.05) is 11.5 Å². The number of hydrogen-bond acceptors (Lipinski definition) is 1. The molecular formula is C15H21N. The number of benzene rings is 1. The molecule has 86 valence electrons. The third-order valence-corrected chi connectivity index (χ3v) is 4.72. The Hall–Kier alpha value is -0.820. The summed E-state index contributed by atoms with van der Waals surface area (Å²) in [5.74, 6) is 0.847. The molecule has 1 aromatic rings. The van der Waals surface area contributed by atoms with E-state index in [9.17, 15) is 0 Å². The van der Waals surface area contributed by atoms with Crippen LogP contribution in [0.1, 0.15) is 56.1 Å². The molecule has 0 aromatic heterocycles. The van der Waals surface area contributed by atoms with Crippen LogP contribution in [0.5, 0.6) is 0 Å². The molecule has 1 atom stereocenters. The Bertz CT molecular complexity index is 369. The van der Waals surface area contributed by atoms with Gasteiger partial charge in [-0.2, -0.15) is 0 Å². The first kappa shape index (κ1) is 10.3. The summed E-state index contributed by atoms with van der Waals surface area (Å²) in [6.45, 7) is 2.15. The van der Waals surface area contributed by atoms with Gasteiger partial charge < -0.3 is 5.73 Å². The summed E-state index contributed by atoms with van der Waals surface area (Å²) in [5, 5.41) is 0. The van der Waals surface area contributed by atoms with Crippen molar-refractivity contribution in [1.82, 2.24) is 0 Å². The van der Waals surface area contributed by atoms with E-state index in [1.54, 1.807) is 0 Å². The van der Waals surface area contributed by atoms with Crippen LogP contribution in [0.4, 0.5) is 0 Å². The SMILES string of the molecule is CC(N)C1(c2ccc(C3CCC3)cc2)CC1. The Kier molecular flexibility index (Phi) is 2.32. The molecule has 1 heteroatoms. The molecule has 2 aliphatic carbocycles. The quantitative estimate of drug-likeness (QED) is 0.822. The zero-order valence-corrected chi connectivity index (χ0v) is 10.1. The van der Waals surface area contributed by atoms with E-state index in [-0.39, 0.29) is 0 Å². The molecule has 0 saturated heterocycles. The second kappa shape index (κ2) is 3.59. The maximum Gasteiger partial charge on any atom is 0.0108 e. The van der Waals surface area contributed by atoms with Crippen molar-refractivity contribution >= 4 is 0 Å². The van der Waals surface area contributed by atoms with Crippen LogP contribution in [0.25, 0.3) is 0 Å². The van der Waals surface area contributed by atoms with Crippen molar-refractivity contribution in [2.24, 2.45) is 5.73 Å². The molecule has 1 aromatic carbocycles. The maximum absolute atomic E-state index is 6.10. The Balaban J connectivity index is 1.82. The second-order valence-corrected chi connectivity index (χ2v) is 5.69. The average Bonchev–Trinajstić information content (AvgIpc) is 2.97. The summed E-state index contributed by atoms with van der Waals surface area (Å²) >= 11 is 0. The van der Waals surface area contributed by atoms with Gasteiger partial charge in [-0.25, -0.2) is 0 Å². The van der Waals surface area contributed by atoms with Gasteiger partial charge in [0.05, 0.1) is 0 Å². The van der Waals surface area contributed by atoms with Crippen molar-refractivity contribution in [1.29, 1.82) is 0 Å². The number of nitrogens with two attached hydrogens (primary N) is 1. The Morgan fingerprint density at radius 3 is 2.19 bits per heavy atom. The van der Waals surface area contributed by atoms with E-state index in [0.717, 1.165) is 5.92 Å². The fourth-order valence-corrected chi connectivity index (χ4v) is 2.97. The lowest BCUT2D eigenvalue weighted by Crippen LogP contribution is -2.31. The second-order valence-electron chi connectivity index (χ2n) is 5.69. The molecule has 0 radical (unpaired) electrons. The van der Waals surface area contributed by atoms with Gasteiger partial charge in [0.2, 0.25) is 0 Å². The zero-order chi connectivity index (χ0) is 11.2. The molecule has 2 N–H and O–H groups in total. The van der Waals surface area contributed by atoms with Gasteiger partial charge in [-0.1, -0.05) is 30.7 Å². The predicted octanol–water partition coefficient (Wildman–Crippen LogP) is 3.33. The minimum Gasteiger partial charge on any atom is -0.327 e. The first-order valence-electron chi connectivity index (χ1n) is 6.58. The fourth-order valence-electron chi connectivity index (χ4n) is 2.97. The summed E-state index contributed by atoms with van der Waals surface area (Å²) in [6.07, 6.45) is 6.73. The van der Waals surface area contributed by atoms with Gasteiger partial charge in [0.25, 0.3) is 0 Å². The van der Waals surface area contributed by atoms with E-state index in [2.05, 4.69) is 31.2 Å². The van der Waals surface area contributed by atoms with Crippen molar-refractivity contribution < 1.29 is 0 Å². The fraction of sp³-hybridized carbons (Fsp3) is 0.600. The molecule has 2 saturated carbocycles. The molecule has 0 amide bonds. The van der Waals surface area contributed by atoms with Gasteiger partial charge in [0.15, 0.2) is 0 Å². The van der Waals surface area contributed by atoms with E-state index in [1.807, 2.05) is 0 Å². The van der Waals surface area contributed by atoms with Crippen molar-refractivity contribution in [3.8, 4) is 0 Å². The third kappa shape index (κ3) is 1.49. The lowest BCUT2D eigenvalue weighted by molar-refractivity contribution is 0.419. The van der Waals surface area contributed by atoms with Crippen LogP contribution in [0.15, 0.2) is 24.3 Å². The molecule has 3 rings (SSSR count). The number of hydrogen-bond donors (Lipinski definition) is 1. The van der Waals surface area contributed by atoms with Crippen molar-refractivity contribution in [2.75, 3.05) is 0 Å². The standard InChI is InChI=1S/C15H21N/c1-11(16)15(9-10-15)14-7-5-13(6-8-14)12-3-2-4-12/h5-8,11-12H,2-4,9-10,16H2,1H3. The summed E-state index contributed by atoms with van der Waals surface area (Å²) in [5.41, 5.74) is 9.42. The summed E-state index contributed by atoms with van der Waals surface area (Å²) < 4.78 is 0. The van der Waals surface area contributed by atoms with Gasteiger partial charge in [-0.3, -0.25) is 0 Å². The van der Waals surface area contributed by atoms with Gasteiger partial charge in [-0.05, 0) is 49.7 Å². The lowest BCUT2D eigenvalue weighted by Gasteiger charge is -2.27. The topological polar surface area (TPSA) is 26.0 Å². The van der Waals surface area contributed by atoms with Crippen LogP contribution >= 0.6 is 0 Å². The van der Waals surface area contributed by atoms with Gasteiger partial charge >= 0.3 is 0 Å². The molecule has 0 spiro atoms. The van der Waals surface area contributed by atoms with Crippen molar-refractivity contribution in [2.45, 2.75) is 56.4 Å². The highest BCUT2D eigenvalue weighted by atomic mass is 14.7. The Morgan fingerprint density at radius 2 is 1.81 bits per heavy atom. The van der Waals surface area contributed by atoms with Crippen molar-refractivity contribution in [3.05, 3.63) is 35.4 Å². The average molecular weight is 215 g/mol. The number of rotatable bonds is 3. The summed E-state index contributed by atoms with van der Waals surface area (Å²) in [6, 6.07) is 9.61. The summed E-state index contributed by atoms with van der Waals surface area (Å²) in [7, 11) is 0. The largest absolute Gasteiger partial charge is 0.327 e. The molecule has 0 bridgehead atoms. The minimum atomic E-state index is 0.294. The van der Waals surface area contributed by atoms with E-state index >= 15 is 0 Å². The third-order valence-electron chi connectivity index (χ3n) is 4.72. The Labute approximate surface area is 98.0 Å². The highest BCUT2D eigenvalue weighted by Gasteiger charge is 2.47. The van der Waals surface area contributed by atoms with Crippen LogP contribution in [0, 0.1) is 0 Å². The van der Waals surface area contributed by atoms with E-state index in [1.165, 1.54) is 43.2 Å². The van der Waals surface area contributed by atoms with Crippen LogP contribution in [0.3, 0.4) is 0 Å². The molecule has 1 unspecified atom stereocenters. The molecule has 0 aliphatic heterocycles. The normalized spacial score (nSPS) is 24.9. The summed E-state index contributed by atoms with van der Waals surface area (Å²) in [4.78, 5) is 0. The van der Waals surface area contributed by atoms with E-state index in [0.29, 0.717) is 11.5 Å². The molecule has 2 aliphatic rings. The molecular weight excluding hydrogens is 194 g/mol. The van der Waals surface area contributed by atoms with Crippen LogP contribution < -0.4 is 5.73 Å². The lowest BCUT2D eigenvalue weighted by atomic mass is 9.79. The highest BCUT2D eigenvalue weighted by molar-refractivity contribution is 5.36. The van der Waals surface area contributed by atoms with Crippen LogP contribution in [-0.4, -0.2) is 6.04 Å². The highest BCUT2D eigenvalue weighted by Crippen LogP contribution is 2.50. The monoisotopic (exact) mass is 215 g/mol.